The standard InChI is InChI=1S/C19H22ClN3O3/c1-19(2)14-5-4-12(10-16(14)23(18(19)26)8-3-9-24)22-17(25)13-6-7-21-11-15(13)20/h4,6-7,10-11,14,24H,3,5,8-9H2,1-2H3,(H,22,25). The summed E-state index contributed by atoms with van der Waals surface area (Å²) in [5, 5.41) is 12.3. The summed E-state index contributed by atoms with van der Waals surface area (Å²) < 4.78 is 0. The molecule has 1 aliphatic carbocycles. The maximum absolute atomic E-state index is 12.8. The number of amides is 2. The molecule has 2 heterocycles. The largest absolute Gasteiger partial charge is 0.396 e. The van der Waals surface area contributed by atoms with Gasteiger partial charge >= 0.3 is 0 Å². The number of nitrogens with zero attached hydrogens (tertiary/aromatic N) is 2. The first-order chi connectivity index (χ1) is 12.4. The number of allylic oxidation sites excluding steroid dienone is 3. The molecule has 7 heteroatoms. The monoisotopic (exact) mass is 375 g/mol. The van der Waals surface area contributed by atoms with E-state index in [1.54, 1.807) is 11.0 Å². The van der Waals surface area contributed by atoms with E-state index in [2.05, 4.69) is 10.3 Å². The Labute approximate surface area is 157 Å². The van der Waals surface area contributed by atoms with Crippen LogP contribution in [0, 0.1) is 11.3 Å². The van der Waals surface area contributed by atoms with E-state index in [1.165, 1.54) is 12.4 Å². The summed E-state index contributed by atoms with van der Waals surface area (Å²) in [5.74, 6) is -0.191. The fraction of sp³-hybridized carbons (Fsp3) is 0.421. The summed E-state index contributed by atoms with van der Waals surface area (Å²) in [6.45, 7) is 4.39. The van der Waals surface area contributed by atoms with Crippen molar-refractivity contribution in [3.8, 4) is 0 Å². The third-order valence-corrected chi connectivity index (χ3v) is 5.33. The van der Waals surface area contributed by atoms with Crippen molar-refractivity contribution in [3.63, 3.8) is 0 Å². The van der Waals surface area contributed by atoms with Gasteiger partial charge in [0.25, 0.3) is 5.91 Å². The molecule has 26 heavy (non-hydrogen) atoms. The molecule has 1 fully saturated rings. The zero-order chi connectivity index (χ0) is 18.9. The number of hydrogen-bond donors (Lipinski definition) is 2. The highest BCUT2D eigenvalue weighted by Crippen LogP contribution is 2.47. The summed E-state index contributed by atoms with van der Waals surface area (Å²) in [7, 11) is 0. The van der Waals surface area contributed by atoms with E-state index < -0.39 is 5.41 Å². The minimum absolute atomic E-state index is 0.0299. The van der Waals surface area contributed by atoms with Gasteiger partial charge in [0, 0.05) is 42.9 Å². The number of carbonyl (C=O) groups excluding carboxylic acids is 2. The van der Waals surface area contributed by atoms with Crippen molar-refractivity contribution in [2.45, 2.75) is 26.7 Å². The van der Waals surface area contributed by atoms with Crippen LogP contribution in [0.2, 0.25) is 5.02 Å². The molecule has 6 nitrogen and oxygen atoms in total. The van der Waals surface area contributed by atoms with Crippen molar-refractivity contribution in [1.82, 2.24) is 15.2 Å². The van der Waals surface area contributed by atoms with Gasteiger partial charge in [-0.2, -0.15) is 0 Å². The predicted molar refractivity (Wildman–Crippen MR) is 98.2 cm³/mol. The van der Waals surface area contributed by atoms with E-state index in [0.717, 1.165) is 5.70 Å². The maximum Gasteiger partial charge on any atom is 0.257 e. The van der Waals surface area contributed by atoms with Crippen LogP contribution in [0.4, 0.5) is 0 Å². The van der Waals surface area contributed by atoms with E-state index in [0.29, 0.717) is 30.6 Å². The number of aliphatic hydroxyl groups is 1. The second kappa shape index (κ2) is 7.21. The van der Waals surface area contributed by atoms with Gasteiger partial charge in [-0.3, -0.25) is 14.6 Å². The predicted octanol–water partition coefficient (Wildman–Crippen LogP) is 2.50. The van der Waals surface area contributed by atoms with E-state index in [4.69, 9.17) is 16.7 Å². The van der Waals surface area contributed by atoms with Crippen LogP contribution in [-0.2, 0) is 4.79 Å². The first-order valence-corrected chi connectivity index (χ1v) is 8.99. The number of nitrogens with one attached hydrogen (secondary N) is 1. The smallest absolute Gasteiger partial charge is 0.257 e. The Morgan fingerprint density at radius 2 is 2.27 bits per heavy atom. The second-order valence-corrected chi connectivity index (χ2v) is 7.49. The lowest BCUT2D eigenvalue weighted by Gasteiger charge is -2.26. The van der Waals surface area contributed by atoms with Gasteiger partial charge in [-0.25, -0.2) is 0 Å². The highest BCUT2D eigenvalue weighted by molar-refractivity contribution is 6.33. The molecule has 2 aliphatic rings. The SMILES string of the molecule is CC1(C)C(=O)N(CCCO)C2=CC(NC(=O)c3ccncc3Cl)=CCC21. The van der Waals surface area contributed by atoms with Crippen LogP contribution in [0.5, 0.6) is 0 Å². The zero-order valence-electron chi connectivity index (χ0n) is 14.8. The minimum Gasteiger partial charge on any atom is -0.396 e. The summed E-state index contributed by atoms with van der Waals surface area (Å²) in [5.41, 5.74) is 1.39. The van der Waals surface area contributed by atoms with Crippen molar-refractivity contribution in [2.24, 2.45) is 11.3 Å². The number of aromatic nitrogens is 1. The van der Waals surface area contributed by atoms with E-state index in [9.17, 15) is 9.59 Å². The summed E-state index contributed by atoms with van der Waals surface area (Å²) >= 11 is 6.03. The molecule has 2 amide bonds. The maximum atomic E-state index is 12.8. The molecular weight excluding hydrogens is 354 g/mol. The van der Waals surface area contributed by atoms with Crippen molar-refractivity contribution in [1.29, 1.82) is 0 Å². The van der Waals surface area contributed by atoms with Gasteiger partial charge in [0.2, 0.25) is 5.91 Å². The molecule has 0 radical (unpaired) electrons. The van der Waals surface area contributed by atoms with E-state index in [1.807, 2.05) is 26.0 Å². The molecule has 1 aliphatic heterocycles. The molecule has 0 bridgehead atoms. The molecule has 0 spiro atoms. The summed E-state index contributed by atoms with van der Waals surface area (Å²) in [6.07, 6.45) is 7.91. The van der Waals surface area contributed by atoms with Crippen LogP contribution in [0.3, 0.4) is 0 Å². The first kappa shape index (κ1) is 18.6. The molecule has 1 aromatic rings. The van der Waals surface area contributed by atoms with Crippen LogP contribution in [-0.4, -0.2) is 40.0 Å². The fourth-order valence-electron chi connectivity index (χ4n) is 3.53. The molecule has 1 saturated heterocycles. The van der Waals surface area contributed by atoms with Gasteiger partial charge in [-0.15, -0.1) is 0 Å². The third-order valence-electron chi connectivity index (χ3n) is 5.03. The van der Waals surface area contributed by atoms with Crippen LogP contribution in [0.1, 0.15) is 37.0 Å². The third kappa shape index (κ3) is 3.27. The number of hydrogen-bond acceptors (Lipinski definition) is 4. The van der Waals surface area contributed by atoms with Crippen LogP contribution < -0.4 is 5.32 Å². The molecule has 138 valence electrons. The molecule has 0 aromatic carbocycles. The first-order valence-electron chi connectivity index (χ1n) is 8.61. The summed E-state index contributed by atoms with van der Waals surface area (Å²) in [4.78, 5) is 30.8. The molecule has 3 rings (SSSR count). The lowest BCUT2D eigenvalue weighted by Crippen LogP contribution is -2.32. The highest BCUT2D eigenvalue weighted by atomic mass is 35.5. The number of pyridine rings is 1. The molecular formula is C19H22ClN3O3. The number of rotatable bonds is 5. The Morgan fingerprint density at radius 1 is 1.50 bits per heavy atom. The Kier molecular flexibility index (Phi) is 5.16. The van der Waals surface area contributed by atoms with Crippen molar-refractivity contribution >= 4 is 23.4 Å². The van der Waals surface area contributed by atoms with Crippen molar-refractivity contribution in [3.05, 3.63) is 52.6 Å². The Hall–Kier alpha value is -2.18. The Morgan fingerprint density at radius 3 is 2.96 bits per heavy atom. The normalized spacial score (nSPS) is 21.2. The molecule has 1 atom stereocenters. The van der Waals surface area contributed by atoms with Gasteiger partial charge in [-0.1, -0.05) is 31.5 Å². The van der Waals surface area contributed by atoms with Crippen molar-refractivity contribution in [2.75, 3.05) is 13.2 Å². The quantitative estimate of drug-likeness (QED) is 0.828. The molecule has 0 saturated carbocycles. The van der Waals surface area contributed by atoms with Gasteiger partial charge < -0.3 is 15.3 Å². The van der Waals surface area contributed by atoms with Crippen molar-refractivity contribution < 1.29 is 14.7 Å². The Balaban J connectivity index is 1.83. The number of halogens is 1. The van der Waals surface area contributed by atoms with Gasteiger partial charge in [-0.05, 0) is 25.0 Å². The highest BCUT2D eigenvalue weighted by Gasteiger charge is 2.50. The fourth-order valence-corrected chi connectivity index (χ4v) is 3.74. The van der Waals surface area contributed by atoms with Gasteiger partial charge in [0.1, 0.15) is 0 Å². The number of aliphatic hydroxyl groups excluding tert-OH is 1. The van der Waals surface area contributed by atoms with Gasteiger partial charge in [0.15, 0.2) is 0 Å². The summed E-state index contributed by atoms with van der Waals surface area (Å²) in [6, 6.07) is 1.56. The zero-order valence-corrected chi connectivity index (χ0v) is 15.6. The number of likely N-dealkylation sites (tertiary alicyclic amines) is 1. The number of carbonyl (C=O) groups is 2. The molecule has 1 aromatic heterocycles. The molecule has 2 N–H and O–H groups in total. The average molecular weight is 376 g/mol. The van der Waals surface area contributed by atoms with Gasteiger partial charge in [0.05, 0.1) is 16.0 Å². The second-order valence-electron chi connectivity index (χ2n) is 7.08. The van der Waals surface area contributed by atoms with E-state index >= 15 is 0 Å². The number of fused-ring (bicyclic) bond motifs is 1. The van der Waals surface area contributed by atoms with E-state index in [-0.39, 0.29) is 29.4 Å². The molecule has 1 unspecified atom stereocenters. The lowest BCUT2D eigenvalue weighted by atomic mass is 9.76. The van der Waals surface area contributed by atoms with Crippen LogP contribution in [0.25, 0.3) is 0 Å². The lowest BCUT2D eigenvalue weighted by molar-refractivity contribution is -0.134. The topological polar surface area (TPSA) is 82.5 Å². The average Bonchev–Trinajstić information content (AvgIpc) is 2.80. The Bertz CT molecular complexity index is 801. The van der Waals surface area contributed by atoms with Crippen LogP contribution >= 0.6 is 11.6 Å². The minimum atomic E-state index is -0.498. The van der Waals surface area contributed by atoms with Crippen LogP contribution in [0.15, 0.2) is 42.0 Å².